The van der Waals surface area contributed by atoms with Gasteiger partial charge in [0.05, 0.1) is 5.92 Å². The Hall–Kier alpha value is -3.16. The number of nitrogens with two attached hydrogens (primary N) is 1. The molecule has 0 saturated carbocycles. The first kappa shape index (κ1) is 16.7. The number of quaternary nitrogens is 1. The highest BCUT2D eigenvalue weighted by Gasteiger charge is 2.37. The van der Waals surface area contributed by atoms with Gasteiger partial charge in [0.25, 0.3) is 0 Å². The molecular weight excluding hydrogens is 330 g/mol. The maximum Gasteiger partial charge on any atom is 0.228 e. The Morgan fingerprint density at radius 3 is 2.76 bits per heavy atom. The number of rotatable bonds is 3. The first-order valence-corrected chi connectivity index (χ1v) is 7.15. The van der Waals surface area contributed by atoms with Gasteiger partial charge in [-0.15, -0.1) is 0 Å². The third-order valence-corrected chi connectivity index (χ3v) is 3.79. The summed E-state index contributed by atoms with van der Waals surface area (Å²) in [6.45, 7) is -0.545. The van der Waals surface area contributed by atoms with E-state index < -0.39 is 23.2 Å². The molecule has 1 aliphatic heterocycles. The molecule has 3 rings (SSSR count). The zero-order valence-electron chi connectivity index (χ0n) is 12.7. The molecule has 0 radical (unpaired) electrons. The van der Waals surface area contributed by atoms with Crippen LogP contribution in [0.15, 0.2) is 51.0 Å². The lowest BCUT2D eigenvalue weighted by Gasteiger charge is -2.26. The normalized spacial score (nSPS) is 17.4. The average Bonchev–Trinajstić information content (AvgIpc) is 2.61. The van der Waals surface area contributed by atoms with Crippen molar-refractivity contribution in [3.05, 3.63) is 74.3 Å². The molecule has 1 aliphatic rings. The summed E-state index contributed by atoms with van der Waals surface area (Å²) in [6.07, 6.45) is 0. The van der Waals surface area contributed by atoms with E-state index >= 15 is 0 Å². The van der Waals surface area contributed by atoms with E-state index in [0.29, 0.717) is 0 Å². The van der Waals surface area contributed by atoms with Gasteiger partial charge in [0, 0.05) is 17.7 Å². The molecule has 1 unspecified atom stereocenters. The second kappa shape index (κ2) is 6.39. The first-order chi connectivity index (χ1) is 12.0. The van der Waals surface area contributed by atoms with Crippen molar-refractivity contribution < 1.29 is 24.7 Å². The Kier molecular flexibility index (Phi) is 4.26. The molecule has 0 spiro atoms. The Bertz CT molecular complexity index is 957. The molecule has 0 aliphatic carbocycles. The van der Waals surface area contributed by atoms with Crippen LogP contribution < -0.4 is 21.1 Å². The molecule has 0 saturated heterocycles. The summed E-state index contributed by atoms with van der Waals surface area (Å²) in [5.74, 6) is -1.69. The molecule has 9 nitrogen and oxygen atoms in total. The van der Waals surface area contributed by atoms with Crippen LogP contribution in [0, 0.1) is 16.5 Å². The lowest BCUT2D eigenvalue weighted by atomic mass is 9.86. The van der Waals surface area contributed by atoms with Crippen molar-refractivity contribution in [3.8, 4) is 11.8 Å². The standard InChI is InChI=1S/C16H13N3O6/c17-6-10-13(9-3-1-2-4-11(9)19(22)23)15-14(25-16(10)18)12(21)5-8(7-20)24-15/h1-5,13,19-20,22H,7,18H2/t13-/m0/s1. The van der Waals surface area contributed by atoms with Crippen LogP contribution in [0.1, 0.15) is 23.0 Å². The van der Waals surface area contributed by atoms with Crippen molar-refractivity contribution in [2.75, 3.05) is 0 Å². The van der Waals surface area contributed by atoms with Gasteiger partial charge in [-0.1, -0.05) is 18.2 Å². The lowest BCUT2D eigenvalue weighted by molar-refractivity contribution is -0.991. The molecular formula is C16H13N3O6. The van der Waals surface area contributed by atoms with Gasteiger partial charge >= 0.3 is 0 Å². The SMILES string of the molecule is N#CC1=C(N)Oc2c(oc(CO)cc2=O)[C@H]1c1ccccc1[NH+]([O-])O. The van der Waals surface area contributed by atoms with E-state index in [0.717, 1.165) is 6.07 Å². The predicted molar refractivity (Wildman–Crippen MR) is 82.4 cm³/mol. The van der Waals surface area contributed by atoms with Gasteiger partial charge in [-0.05, 0) is 0 Å². The number of nitrogens with one attached hydrogen (secondary N) is 1. The summed E-state index contributed by atoms with van der Waals surface area (Å²) in [4.78, 5) is 12.2. The maximum atomic E-state index is 12.2. The zero-order chi connectivity index (χ0) is 18.1. The van der Waals surface area contributed by atoms with E-state index in [1.165, 1.54) is 18.2 Å². The fraction of sp³-hybridized carbons (Fsp3) is 0.125. The van der Waals surface area contributed by atoms with Crippen molar-refractivity contribution in [1.82, 2.24) is 0 Å². The molecule has 0 amide bonds. The van der Waals surface area contributed by atoms with Crippen molar-refractivity contribution in [1.29, 1.82) is 5.26 Å². The van der Waals surface area contributed by atoms with Gasteiger partial charge in [0.2, 0.25) is 17.1 Å². The highest BCUT2D eigenvalue weighted by atomic mass is 16.8. The van der Waals surface area contributed by atoms with Crippen LogP contribution in [0.2, 0.25) is 0 Å². The van der Waals surface area contributed by atoms with Crippen LogP contribution in [0.25, 0.3) is 0 Å². The zero-order valence-corrected chi connectivity index (χ0v) is 12.7. The Balaban J connectivity index is 2.34. The largest absolute Gasteiger partial charge is 0.595 e. The van der Waals surface area contributed by atoms with Gasteiger partial charge in [-0.2, -0.15) is 10.5 Å². The minimum atomic E-state index is -1.21. The number of para-hydroxylation sites is 1. The Morgan fingerprint density at radius 1 is 1.40 bits per heavy atom. The van der Waals surface area contributed by atoms with Crippen molar-refractivity contribution in [3.63, 3.8) is 0 Å². The van der Waals surface area contributed by atoms with Crippen LogP contribution in [0.3, 0.4) is 0 Å². The predicted octanol–water partition coefficient (Wildman–Crippen LogP) is -0.246. The van der Waals surface area contributed by atoms with Crippen LogP contribution in [0.5, 0.6) is 5.75 Å². The summed E-state index contributed by atoms with van der Waals surface area (Å²) in [7, 11) is 0. The highest BCUT2D eigenvalue weighted by molar-refractivity contribution is 5.57. The number of nitriles is 1. The quantitative estimate of drug-likeness (QED) is 0.556. The van der Waals surface area contributed by atoms with Crippen molar-refractivity contribution in [2.24, 2.45) is 5.73 Å². The topological polar surface area (TPSA) is 157 Å². The second-order valence-corrected chi connectivity index (χ2v) is 5.25. The molecule has 2 aromatic rings. The number of aliphatic hydroxyl groups excluding tert-OH is 1. The molecule has 5 N–H and O–H groups in total. The average molecular weight is 343 g/mol. The summed E-state index contributed by atoms with van der Waals surface area (Å²) in [6, 6.07) is 8.92. The van der Waals surface area contributed by atoms with E-state index in [4.69, 9.17) is 14.9 Å². The highest BCUT2D eigenvalue weighted by Crippen LogP contribution is 2.42. The molecule has 1 aromatic carbocycles. The molecule has 25 heavy (non-hydrogen) atoms. The minimum Gasteiger partial charge on any atom is -0.595 e. The van der Waals surface area contributed by atoms with Gasteiger partial charge in [0.1, 0.15) is 24.0 Å². The summed E-state index contributed by atoms with van der Waals surface area (Å²) in [5, 5.41) is 38.5. The number of nitrogens with zero attached hydrogens (tertiary/aromatic N) is 1. The molecule has 0 bridgehead atoms. The molecule has 2 heterocycles. The van der Waals surface area contributed by atoms with Gasteiger partial charge in [-0.3, -0.25) is 4.79 Å². The Labute approximate surface area is 140 Å². The fourth-order valence-corrected chi connectivity index (χ4v) is 2.72. The number of ether oxygens (including phenoxy) is 1. The van der Waals surface area contributed by atoms with Crippen LogP contribution >= 0.6 is 0 Å². The summed E-state index contributed by atoms with van der Waals surface area (Å²) >= 11 is 0. The monoisotopic (exact) mass is 343 g/mol. The molecule has 9 heteroatoms. The summed E-state index contributed by atoms with van der Waals surface area (Å²) < 4.78 is 10.7. The number of fused-ring (bicyclic) bond motifs is 1. The Morgan fingerprint density at radius 2 is 2.12 bits per heavy atom. The second-order valence-electron chi connectivity index (χ2n) is 5.25. The number of allylic oxidation sites excluding steroid dienone is 1. The molecule has 1 aromatic heterocycles. The van der Waals surface area contributed by atoms with Crippen LogP contribution in [-0.2, 0) is 6.61 Å². The van der Waals surface area contributed by atoms with Gasteiger partial charge in [-0.25, -0.2) is 5.21 Å². The van der Waals surface area contributed by atoms with Gasteiger partial charge < -0.3 is 25.2 Å². The number of aliphatic hydroxyl groups is 1. The fourth-order valence-electron chi connectivity index (χ4n) is 2.72. The third-order valence-electron chi connectivity index (χ3n) is 3.79. The van der Waals surface area contributed by atoms with E-state index in [-0.39, 0.29) is 40.0 Å². The van der Waals surface area contributed by atoms with Crippen LogP contribution in [-0.4, -0.2) is 10.3 Å². The van der Waals surface area contributed by atoms with E-state index in [2.05, 4.69) is 0 Å². The summed E-state index contributed by atoms with van der Waals surface area (Å²) in [5.41, 5.74) is 5.23. The minimum absolute atomic E-state index is 0.0390. The first-order valence-electron chi connectivity index (χ1n) is 7.15. The van der Waals surface area contributed by atoms with E-state index in [1.807, 2.05) is 6.07 Å². The van der Waals surface area contributed by atoms with Gasteiger partial charge in [0.15, 0.2) is 11.4 Å². The number of hydrogen-bond acceptors (Lipinski definition) is 8. The van der Waals surface area contributed by atoms with Crippen molar-refractivity contribution >= 4 is 5.69 Å². The smallest absolute Gasteiger partial charge is 0.228 e. The van der Waals surface area contributed by atoms with E-state index in [1.54, 1.807) is 6.07 Å². The maximum absolute atomic E-state index is 12.2. The third kappa shape index (κ3) is 2.75. The van der Waals surface area contributed by atoms with Crippen molar-refractivity contribution in [2.45, 2.75) is 12.5 Å². The molecule has 0 fully saturated rings. The lowest BCUT2D eigenvalue weighted by Crippen LogP contribution is -2.99. The molecule has 128 valence electrons. The van der Waals surface area contributed by atoms with Crippen LogP contribution in [0.4, 0.5) is 5.69 Å². The molecule has 2 atom stereocenters. The number of benzene rings is 1. The number of hydrogen-bond donors (Lipinski definition) is 4. The van der Waals surface area contributed by atoms with E-state index in [9.17, 15) is 25.6 Å².